The van der Waals surface area contributed by atoms with E-state index in [0.29, 0.717) is 42.6 Å². The maximum atomic E-state index is 12.8. The first-order chi connectivity index (χ1) is 22.2. The SMILES string of the molecule is O=C(O)CN1CCN(CC(=O)O)CCN(CC(=O)NCCNCC(=O)Nc2c(I)cc(I)c(C(=O)O)c2I)CCN(CC(=O)O)CC1. The molecule has 0 atom stereocenters. The van der Waals surface area contributed by atoms with E-state index in [1.807, 2.05) is 72.7 Å². The van der Waals surface area contributed by atoms with Gasteiger partial charge in [-0.1, -0.05) is 0 Å². The molecule has 0 saturated carbocycles. The minimum atomic E-state index is -1.09. The lowest BCUT2D eigenvalue weighted by molar-refractivity contribution is -0.140. The first-order valence-electron chi connectivity index (χ1n) is 14.4. The molecule has 1 fully saturated rings. The Morgan fingerprint density at radius 1 is 0.617 bits per heavy atom. The fourth-order valence-corrected chi connectivity index (χ4v) is 8.72. The largest absolute Gasteiger partial charge is 0.480 e. The number of hydrogen-bond donors (Lipinski definition) is 7. The van der Waals surface area contributed by atoms with E-state index in [1.165, 1.54) is 0 Å². The summed E-state index contributed by atoms with van der Waals surface area (Å²) in [6, 6.07) is 1.67. The van der Waals surface area contributed by atoms with Gasteiger partial charge < -0.3 is 36.4 Å². The number of rotatable bonds is 15. The number of aromatic carboxylic acids is 1. The van der Waals surface area contributed by atoms with Crippen LogP contribution in [0, 0.1) is 10.7 Å². The van der Waals surface area contributed by atoms with Crippen molar-refractivity contribution in [3.63, 3.8) is 0 Å². The highest BCUT2D eigenvalue weighted by atomic mass is 127. The van der Waals surface area contributed by atoms with Crippen LogP contribution in [0.15, 0.2) is 6.07 Å². The topological polar surface area (TPSA) is 232 Å². The second-order valence-electron chi connectivity index (χ2n) is 10.6. The van der Waals surface area contributed by atoms with Gasteiger partial charge in [-0.25, -0.2) is 4.79 Å². The van der Waals surface area contributed by atoms with Gasteiger partial charge in [-0.2, -0.15) is 0 Å². The maximum Gasteiger partial charge on any atom is 0.337 e. The van der Waals surface area contributed by atoms with Gasteiger partial charge in [-0.05, 0) is 73.8 Å². The second-order valence-corrected chi connectivity index (χ2v) is 14.0. The molecule has 2 amide bonds. The van der Waals surface area contributed by atoms with Crippen LogP contribution in [0.2, 0.25) is 0 Å². The summed E-state index contributed by atoms with van der Waals surface area (Å²) in [5, 5.41) is 45.9. The van der Waals surface area contributed by atoms with Gasteiger partial charge in [0.2, 0.25) is 11.8 Å². The number of anilines is 1. The Kier molecular flexibility index (Phi) is 18.6. The highest BCUT2D eigenvalue weighted by molar-refractivity contribution is 14.1. The average Bonchev–Trinajstić information content (AvgIpc) is 2.95. The molecule has 0 radical (unpaired) electrons. The first-order valence-corrected chi connectivity index (χ1v) is 17.6. The quantitative estimate of drug-likeness (QED) is 0.0853. The van der Waals surface area contributed by atoms with Crippen LogP contribution in [-0.2, 0) is 24.0 Å². The fourth-order valence-electron chi connectivity index (χ4n) is 4.62. The molecule has 1 aromatic carbocycles. The molecule has 1 aromatic rings. The van der Waals surface area contributed by atoms with Crippen molar-refractivity contribution >= 4 is 109 Å². The summed E-state index contributed by atoms with van der Waals surface area (Å²) in [7, 11) is 0. The Hall–Kier alpha value is -1.97. The number of amides is 2. The molecule has 0 unspecified atom stereocenters. The molecule has 262 valence electrons. The van der Waals surface area contributed by atoms with Gasteiger partial charge in [-0.15, -0.1) is 0 Å². The molecule has 47 heavy (non-hydrogen) atoms. The van der Waals surface area contributed by atoms with Crippen LogP contribution in [0.4, 0.5) is 5.69 Å². The molecule has 0 bridgehead atoms. The zero-order chi connectivity index (χ0) is 35.1. The van der Waals surface area contributed by atoms with Crippen LogP contribution in [0.3, 0.4) is 0 Å². The molecule has 1 aliphatic rings. The second kappa shape index (κ2) is 21.2. The summed E-state index contributed by atoms with van der Waals surface area (Å²) in [4.78, 5) is 78.0. The van der Waals surface area contributed by atoms with Gasteiger partial charge in [0.25, 0.3) is 0 Å². The molecule has 1 saturated heterocycles. The standard InChI is InChI=1S/C27H38I3N7O10/c28-17-11-18(29)26(25(30)24(17)27(46)47)33-19(38)12-31-1-2-32-20(39)13-34-3-5-35(14-21(40)41)7-9-37(16-23(44)45)10-8-36(6-4-34)15-22(42)43/h11,31H,1-10,12-16H2,(H,32,39)(H,33,38)(H,40,41)(H,42,43)(H,44,45)(H,46,47). The molecule has 7 N–H and O–H groups in total. The van der Waals surface area contributed by atoms with Crippen LogP contribution in [0.5, 0.6) is 0 Å². The molecule has 1 aliphatic heterocycles. The lowest BCUT2D eigenvalue weighted by Gasteiger charge is -2.32. The fraction of sp³-hybridized carbons (Fsp3) is 0.556. The van der Waals surface area contributed by atoms with Crippen LogP contribution in [0.25, 0.3) is 0 Å². The van der Waals surface area contributed by atoms with E-state index < -0.39 is 23.9 Å². The lowest BCUT2D eigenvalue weighted by Crippen LogP contribution is -2.50. The monoisotopic (exact) mass is 1000 g/mol. The third-order valence-corrected chi connectivity index (χ3v) is 9.71. The molecule has 0 aromatic heterocycles. The zero-order valence-electron chi connectivity index (χ0n) is 25.3. The van der Waals surface area contributed by atoms with Crippen molar-refractivity contribution in [1.82, 2.24) is 30.2 Å². The van der Waals surface area contributed by atoms with Crippen molar-refractivity contribution < 1.29 is 49.2 Å². The molecular weight excluding hydrogens is 963 g/mol. The third-order valence-electron chi connectivity index (χ3n) is 6.93. The minimum Gasteiger partial charge on any atom is -0.480 e. The molecule has 0 aliphatic carbocycles. The van der Waals surface area contributed by atoms with Crippen molar-refractivity contribution in [3.8, 4) is 0 Å². The summed E-state index contributed by atoms with van der Waals surface area (Å²) in [6.07, 6.45) is 0. The van der Waals surface area contributed by atoms with Crippen molar-refractivity contribution in [2.75, 3.05) is 103 Å². The van der Waals surface area contributed by atoms with Crippen molar-refractivity contribution in [2.45, 2.75) is 0 Å². The Morgan fingerprint density at radius 3 is 1.45 bits per heavy atom. The van der Waals surface area contributed by atoms with E-state index in [-0.39, 0.29) is 89.4 Å². The van der Waals surface area contributed by atoms with Crippen LogP contribution in [0.1, 0.15) is 10.4 Å². The van der Waals surface area contributed by atoms with Gasteiger partial charge in [0, 0.05) is 72.6 Å². The number of carbonyl (C=O) groups is 6. The van der Waals surface area contributed by atoms with E-state index >= 15 is 0 Å². The number of carboxylic acids is 4. The maximum absolute atomic E-state index is 12.8. The summed E-state index contributed by atoms with van der Waals surface area (Å²) >= 11 is 5.86. The molecule has 2 rings (SSSR count). The number of carbonyl (C=O) groups excluding carboxylic acids is 2. The van der Waals surface area contributed by atoms with E-state index in [9.17, 15) is 49.2 Å². The van der Waals surface area contributed by atoms with E-state index in [0.717, 1.165) is 0 Å². The molecule has 17 nitrogen and oxygen atoms in total. The van der Waals surface area contributed by atoms with Crippen LogP contribution < -0.4 is 16.0 Å². The first kappa shape index (κ1) is 41.2. The number of nitrogens with one attached hydrogen (secondary N) is 3. The predicted octanol–water partition coefficient (Wildman–Crippen LogP) is -0.682. The highest BCUT2D eigenvalue weighted by Gasteiger charge is 2.22. The Labute approximate surface area is 312 Å². The van der Waals surface area contributed by atoms with Gasteiger partial charge >= 0.3 is 23.9 Å². The smallest absolute Gasteiger partial charge is 0.337 e. The molecular formula is C27H38I3N7O10. The van der Waals surface area contributed by atoms with Crippen LogP contribution >= 0.6 is 67.8 Å². The van der Waals surface area contributed by atoms with Gasteiger partial charge in [0.1, 0.15) is 0 Å². The summed E-state index contributed by atoms with van der Waals surface area (Å²) < 4.78 is 1.68. The van der Waals surface area contributed by atoms with Crippen molar-refractivity contribution in [1.29, 1.82) is 0 Å². The number of halogens is 3. The number of hydrogen-bond acceptors (Lipinski definition) is 11. The molecule has 1 heterocycles. The Morgan fingerprint density at radius 2 is 1.04 bits per heavy atom. The predicted molar refractivity (Wildman–Crippen MR) is 195 cm³/mol. The number of aliphatic carboxylic acids is 3. The van der Waals surface area contributed by atoms with Crippen molar-refractivity contribution in [2.24, 2.45) is 0 Å². The normalized spacial score (nSPS) is 16.1. The van der Waals surface area contributed by atoms with E-state index in [4.69, 9.17) is 0 Å². The molecule has 0 spiro atoms. The van der Waals surface area contributed by atoms with Gasteiger partial charge in [0.05, 0.1) is 47.5 Å². The van der Waals surface area contributed by atoms with Gasteiger partial charge in [0.15, 0.2) is 0 Å². The Balaban J connectivity index is 1.92. The zero-order valence-corrected chi connectivity index (χ0v) is 31.8. The Bertz CT molecular complexity index is 1270. The summed E-state index contributed by atoms with van der Waals surface area (Å²) in [6.45, 7) is 1.94. The van der Waals surface area contributed by atoms with Crippen LogP contribution in [-0.4, -0.2) is 174 Å². The van der Waals surface area contributed by atoms with Gasteiger partial charge in [-0.3, -0.25) is 43.6 Å². The highest BCUT2D eigenvalue weighted by Crippen LogP contribution is 2.31. The number of carboxylic acid groups (broad SMARTS) is 4. The number of nitrogens with zero attached hydrogens (tertiary/aromatic N) is 4. The molecule has 20 heteroatoms. The third kappa shape index (κ3) is 15.9. The van der Waals surface area contributed by atoms with E-state index in [2.05, 4.69) is 16.0 Å². The minimum absolute atomic E-state index is 0.0248. The van der Waals surface area contributed by atoms with E-state index in [1.54, 1.807) is 20.8 Å². The van der Waals surface area contributed by atoms with Crippen molar-refractivity contribution in [3.05, 3.63) is 22.3 Å². The lowest BCUT2D eigenvalue weighted by atomic mass is 10.2. The number of benzene rings is 1. The summed E-state index contributed by atoms with van der Waals surface area (Å²) in [5.74, 6) is -4.89. The summed E-state index contributed by atoms with van der Waals surface area (Å²) in [5.41, 5.74) is 0.526. The average molecular weight is 1000 g/mol.